The van der Waals surface area contributed by atoms with Gasteiger partial charge in [-0.05, 0) is 84.9 Å². The first kappa shape index (κ1) is 26.8. The molecule has 2 heterocycles. The highest BCUT2D eigenvalue weighted by molar-refractivity contribution is 5.77. The third kappa shape index (κ3) is 3.25. The van der Waals surface area contributed by atoms with Crippen LogP contribution in [0.1, 0.15) is 111 Å². The first-order valence-electron chi connectivity index (χ1n) is 15.0. The second-order valence-corrected chi connectivity index (χ2v) is 15.9. The van der Waals surface area contributed by atoms with Gasteiger partial charge in [0.1, 0.15) is 5.76 Å². The molecule has 3 saturated carbocycles. The van der Waals surface area contributed by atoms with Crippen molar-refractivity contribution in [3.8, 4) is 0 Å². The van der Waals surface area contributed by atoms with Crippen molar-refractivity contribution in [1.82, 2.24) is 5.16 Å². The smallest absolute Gasteiger partial charge is 0.312 e. The number of aromatic nitrogens is 1. The van der Waals surface area contributed by atoms with Crippen LogP contribution in [0, 0.1) is 44.8 Å². The molecule has 1 saturated heterocycles. The Balaban J connectivity index is 1.47. The Hall–Kier alpha value is -1.40. The van der Waals surface area contributed by atoms with E-state index in [0.717, 1.165) is 57.1 Å². The second-order valence-electron chi connectivity index (χ2n) is 15.9. The van der Waals surface area contributed by atoms with Crippen molar-refractivity contribution >= 4 is 5.97 Å². The second kappa shape index (κ2) is 8.09. The quantitative estimate of drug-likeness (QED) is 0.423. The van der Waals surface area contributed by atoms with Gasteiger partial charge in [-0.15, -0.1) is 0 Å². The molecule has 0 aromatic carbocycles. The van der Waals surface area contributed by atoms with E-state index >= 15 is 0 Å². The normalized spacial score (nSPS) is 48.8. The first-order valence-corrected chi connectivity index (χ1v) is 15.0. The summed E-state index contributed by atoms with van der Waals surface area (Å²) in [7, 11) is 1.54. The maximum atomic E-state index is 13.5. The molecule has 9 atom stereocenters. The van der Waals surface area contributed by atoms with Gasteiger partial charge in [-0.1, -0.05) is 53.6 Å². The number of hydrogen-bond donors (Lipinski definition) is 1. The number of aliphatic hydroxyl groups is 1. The van der Waals surface area contributed by atoms with Gasteiger partial charge in [-0.3, -0.25) is 4.79 Å². The lowest BCUT2D eigenvalue weighted by molar-refractivity contribution is -0.248. The molecule has 0 spiro atoms. The lowest BCUT2D eigenvalue weighted by atomic mass is 9.36. The van der Waals surface area contributed by atoms with Crippen LogP contribution < -0.4 is 0 Å². The van der Waals surface area contributed by atoms with Crippen molar-refractivity contribution in [3.63, 3.8) is 0 Å². The molecule has 1 aromatic heterocycles. The zero-order valence-electron chi connectivity index (χ0n) is 24.9. The predicted molar refractivity (Wildman–Crippen MR) is 144 cm³/mol. The summed E-state index contributed by atoms with van der Waals surface area (Å²) < 4.78 is 18.1. The molecule has 5 aliphatic rings. The molecular weight excluding hydrogens is 478 g/mol. The number of carbonyl (C=O) groups excluding carboxylic acids is 1. The maximum absolute atomic E-state index is 13.5. The Morgan fingerprint density at radius 3 is 2.42 bits per heavy atom. The fraction of sp³-hybridized carbons (Fsp3) is 0.875. The molecule has 0 amide bonds. The number of carbonyl (C=O) groups is 1. The number of ether oxygens (including phenoxy) is 2. The summed E-state index contributed by atoms with van der Waals surface area (Å²) in [6.07, 6.45) is 9.22. The first-order chi connectivity index (χ1) is 17.6. The minimum absolute atomic E-state index is 0.0139. The van der Waals surface area contributed by atoms with Gasteiger partial charge in [0.15, 0.2) is 6.29 Å². The molecule has 6 heteroatoms. The summed E-state index contributed by atoms with van der Waals surface area (Å²) in [4.78, 5) is 13.5. The third-order valence-electron chi connectivity index (χ3n) is 13.4. The number of fused-ring (bicyclic) bond motifs is 8. The fourth-order valence-corrected chi connectivity index (χ4v) is 11.3. The van der Waals surface area contributed by atoms with E-state index in [4.69, 9.17) is 14.0 Å². The molecule has 1 aromatic rings. The average Bonchev–Trinajstić information content (AvgIpc) is 3.28. The monoisotopic (exact) mass is 527 g/mol. The van der Waals surface area contributed by atoms with Crippen LogP contribution in [0.5, 0.6) is 0 Å². The largest absolute Gasteiger partial charge is 0.469 e. The molecule has 4 aliphatic carbocycles. The van der Waals surface area contributed by atoms with Crippen molar-refractivity contribution in [2.45, 2.75) is 124 Å². The summed E-state index contributed by atoms with van der Waals surface area (Å²) in [6.45, 7) is 16.7. The van der Waals surface area contributed by atoms with Crippen LogP contribution in [-0.2, 0) is 26.1 Å². The van der Waals surface area contributed by atoms with E-state index in [1.165, 1.54) is 12.7 Å². The van der Waals surface area contributed by atoms with Crippen LogP contribution in [0.15, 0.2) is 10.7 Å². The van der Waals surface area contributed by atoms with Gasteiger partial charge < -0.3 is 19.1 Å². The van der Waals surface area contributed by atoms with E-state index in [1.54, 1.807) is 0 Å². The molecule has 212 valence electrons. The van der Waals surface area contributed by atoms with Crippen molar-refractivity contribution in [1.29, 1.82) is 0 Å². The number of nitrogens with zero attached hydrogens (tertiary/aromatic N) is 1. The molecule has 0 radical (unpaired) electrons. The predicted octanol–water partition coefficient (Wildman–Crippen LogP) is 6.44. The molecular formula is C32H49NO5. The Kier molecular flexibility index (Phi) is 5.70. The topological polar surface area (TPSA) is 81.8 Å². The van der Waals surface area contributed by atoms with Crippen molar-refractivity contribution in [2.24, 2.45) is 44.8 Å². The van der Waals surface area contributed by atoms with E-state index in [0.29, 0.717) is 12.3 Å². The van der Waals surface area contributed by atoms with Gasteiger partial charge >= 0.3 is 5.97 Å². The Labute approximate surface area is 228 Å². The third-order valence-corrected chi connectivity index (χ3v) is 13.4. The molecule has 6 rings (SSSR count). The fourth-order valence-electron chi connectivity index (χ4n) is 11.3. The molecule has 1 aliphatic heterocycles. The number of aliphatic hydroxyl groups excluding tert-OH is 1. The van der Waals surface area contributed by atoms with Crippen molar-refractivity contribution in [2.75, 3.05) is 7.11 Å². The van der Waals surface area contributed by atoms with E-state index in [2.05, 4.69) is 53.6 Å². The summed E-state index contributed by atoms with van der Waals surface area (Å²) in [5.74, 6) is 1.73. The van der Waals surface area contributed by atoms with Gasteiger partial charge in [0.25, 0.3) is 0 Å². The minimum atomic E-state index is -0.841. The van der Waals surface area contributed by atoms with Crippen LogP contribution >= 0.6 is 0 Å². The molecule has 0 bridgehead atoms. The van der Waals surface area contributed by atoms with Gasteiger partial charge in [0, 0.05) is 23.3 Å². The number of methoxy groups -OCH3 is 1. The molecule has 3 unspecified atom stereocenters. The summed E-state index contributed by atoms with van der Waals surface area (Å²) in [6, 6.07) is 0. The highest BCUT2D eigenvalue weighted by atomic mass is 16.6. The van der Waals surface area contributed by atoms with E-state index in [-0.39, 0.29) is 51.0 Å². The number of rotatable bonds is 1. The standard InChI is InChI=1S/C32H49NO5/c1-27(2)11-13-32(26(35)36-8)14-12-31(7)25(20(32)17-27)37-23(34)15-22-29(5)16-19-18-33-38-24(19)28(3,4)21(29)9-10-30(22,31)6/h18,20-23,25,34H,9-17H2,1-8H3/t20?,21-,22+,23?,25?,29-,30+,31+,32-/m0/s1. The highest BCUT2D eigenvalue weighted by Crippen LogP contribution is 2.74. The van der Waals surface area contributed by atoms with Gasteiger partial charge in [0.05, 0.1) is 24.8 Å². The summed E-state index contributed by atoms with van der Waals surface area (Å²) >= 11 is 0. The average molecular weight is 528 g/mol. The van der Waals surface area contributed by atoms with Crippen LogP contribution in [0.2, 0.25) is 0 Å². The van der Waals surface area contributed by atoms with Crippen LogP contribution in [-0.4, -0.2) is 35.7 Å². The lowest BCUT2D eigenvalue weighted by Crippen LogP contribution is -2.66. The maximum Gasteiger partial charge on any atom is 0.312 e. The number of hydrogen-bond acceptors (Lipinski definition) is 6. The van der Waals surface area contributed by atoms with Gasteiger partial charge in [-0.25, -0.2) is 0 Å². The minimum Gasteiger partial charge on any atom is -0.469 e. The SMILES string of the molecule is COC(=O)[C@]12CCC(C)(C)CC1C1OC(O)C[C@@H]3[C@@]4(C)Cc5cnoc5C(C)(C)[C@@H]4CC[C@@]3(C)[C@]1(C)CC2. The lowest BCUT2D eigenvalue weighted by Gasteiger charge is -2.68. The Bertz CT molecular complexity index is 1120. The molecule has 1 N–H and O–H groups in total. The molecule has 38 heavy (non-hydrogen) atoms. The van der Waals surface area contributed by atoms with Crippen molar-refractivity contribution < 1.29 is 23.9 Å². The van der Waals surface area contributed by atoms with E-state index in [9.17, 15) is 9.90 Å². The molecule has 6 nitrogen and oxygen atoms in total. The van der Waals surface area contributed by atoms with Gasteiger partial charge in [-0.2, -0.15) is 0 Å². The van der Waals surface area contributed by atoms with Crippen LogP contribution in [0.3, 0.4) is 0 Å². The van der Waals surface area contributed by atoms with Crippen LogP contribution in [0.4, 0.5) is 0 Å². The zero-order valence-corrected chi connectivity index (χ0v) is 24.9. The van der Waals surface area contributed by atoms with Crippen LogP contribution in [0.25, 0.3) is 0 Å². The van der Waals surface area contributed by atoms with Crippen molar-refractivity contribution in [3.05, 3.63) is 17.5 Å². The number of esters is 1. The van der Waals surface area contributed by atoms with Gasteiger partial charge in [0.2, 0.25) is 0 Å². The zero-order chi connectivity index (χ0) is 27.5. The Morgan fingerprint density at radius 2 is 1.71 bits per heavy atom. The summed E-state index contributed by atoms with van der Waals surface area (Å²) in [5, 5.41) is 15.8. The van der Waals surface area contributed by atoms with E-state index in [1.807, 2.05) is 6.20 Å². The summed E-state index contributed by atoms with van der Waals surface area (Å²) in [5.41, 5.74) is 0.520. The van der Waals surface area contributed by atoms with E-state index < -0.39 is 11.7 Å². The highest BCUT2D eigenvalue weighted by Gasteiger charge is 2.71. The molecule has 4 fully saturated rings. The Morgan fingerprint density at radius 1 is 1.00 bits per heavy atom.